The highest BCUT2D eigenvalue weighted by molar-refractivity contribution is 7.99. The molecule has 0 unspecified atom stereocenters. The molecule has 1 aliphatic heterocycles. The number of fused-ring (bicyclic) bond motifs is 1. The Labute approximate surface area is 241 Å². The van der Waals surface area contributed by atoms with Crippen LogP contribution in [0.15, 0.2) is 103 Å². The van der Waals surface area contributed by atoms with Crippen molar-refractivity contribution in [3.05, 3.63) is 120 Å². The lowest BCUT2D eigenvalue weighted by Crippen LogP contribution is -2.31. The Morgan fingerprint density at radius 1 is 0.878 bits per heavy atom. The van der Waals surface area contributed by atoms with Crippen LogP contribution in [0.1, 0.15) is 46.0 Å². The number of nitrogens with zero attached hydrogens (tertiary/aromatic N) is 4. The van der Waals surface area contributed by atoms with Crippen LogP contribution in [0.2, 0.25) is 0 Å². The van der Waals surface area contributed by atoms with Crippen LogP contribution in [0.4, 0.5) is 5.69 Å². The Morgan fingerprint density at radius 3 is 2.37 bits per heavy atom. The molecule has 5 aromatic rings. The largest absolute Gasteiger partial charge is 0.392 e. The van der Waals surface area contributed by atoms with Crippen LogP contribution in [-0.2, 0) is 16.1 Å². The molecule has 0 saturated carbocycles. The van der Waals surface area contributed by atoms with Crippen molar-refractivity contribution in [2.75, 3.05) is 11.1 Å². The number of aliphatic hydroxyl groups is 1. The first-order valence-corrected chi connectivity index (χ1v) is 14.2. The molecule has 1 fully saturated rings. The molecule has 6 rings (SSSR count). The van der Waals surface area contributed by atoms with Gasteiger partial charge in [-0.2, -0.15) is 0 Å². The van der Waals surface area contributed by atoms with E-state index >= 15 is 0 Å². The van der Waals surface area contributed by atoms with Gasteiger partial charge in [0.2, 0.25) is 0 Å². The van der Waals surface area contributed by atoms with E-state index in [0.29, 0.717) is 28.5 Å². The number of carbonyl (C=O) groups is 1. The van der Waals surface area contributed by atoms with Gasteiger partial charge in [0.15, 0.2) is 11.4 Å². The molecule has 10 heteroatoms. The number of para-hydroxylation sites is 2. The quantitative estimate of drug-likeness (QED) is 0.186. The lowest BCUT2D eigenvalue weighted by atomic mass is 10.0. The number of hydrogen-bond donors (Lipinski definition) is 2. The smallest absolute Gasteiger partial charge is 0.275 e. The van der Waals surface area contributed by atoms with E-state index in [1.54, 1.807) is 30.2 Å². The van der Waals surface area contributed by atoms with E-state index < -0.39 is 6.29 Å². The third kappa shape index (κ3) is 6.58. The maximum Gasteiger partial charge on any atom is 0.275 e. The summed E-state index contributed by atoms with van der Waals surface area (Å²) in [6.07, 6.45) is 4.66. The van der Waals surface area contributed by atoms with Gasteiger partial charge in [0.1, 0.15) is 5.69 Å². The summed E-state index contributed by atoms with van der Waals surface area (Å²) >= 11 is 1.54. The van der Waals surface area contributed by atoms with Crippen LogP contribution < -0.4 is 5.32 Å². The zero-order chi connectivity index (χ0) is 28.0. The molecule has 1 aliphatic rings. The fraction of sp³-hybridized carbons (Fsp3) is 0.194. The molecule has 2 aromatic heterocycles. The van der Waals surface area contributed by atoms with Gasteiger partial charge in [-0.25, -0.2) is 15.0 Å². The molecular weight excluding hydrogens is 538 g/mol. The second-order valence-corrected chi connectivity index (χ2v) is 10.5. The van der Waals surface area contributed by atoms with Gasteiger partial charge in [0, 0.05) is 35.8 Å². The molecule has 9 nitrogen and oxygen atoms in total. The zero-order valence-electron chi connectivity index (χ0n) is 22.0. The summed E-state index contributed by atoms with van der Waals surface area (Å²) in [5.74, 6) is 0.323. The molecule has 2 N–H and O–H groups in total. The second-order valence-electron chi connectivity index (χ2n) is 9.51. The number of hydrogen-bond acceptors (Lipinski definition) is 9. The molecule has 1 saturated heterocycles. The summed E-state index contributed by atoms with van der Waals surface area (Å²) in [6.45, 7) is -0.00972. The van der Waals surface area contributed by atoms with Crippen molar-refractivity contribution in [3.8, 4) is 0 Å². The minimum absolute atomic E-state index is 0.00972. The average Bonchev–Trinajstić information content (AvgIpc) is 3.04. The molecule has 41 heavy (non-hydrogen) atoms. The highest BCUT2D eigenvalue weighted by Crippen LogP contribution is 2.39. The molecule has 3 heterocycles. The summed E-state index contributed by atoms with van der Waals surface area (Å²) in [6, 6.07) is 24.4. The SMILES string of the molecule is O=C(Nc1ccc([C@H]2O[C@@H](CSc3ncccn3)C[C@@H](c3ccc(CO)cc3)O2)cc1)c1cnc2ccccc2n1. The van der Waals surface area contributed by atoms with Crippen LogP contribution in [0, 0.1) is 0 Å². The van der Waals surface area contributed by atoms with Crippen molar-refractivity contribution in [2.24, 2.45) is 0 Å². The van der Waals surface area contributed by atoms with E-state index in [2.05, 4.69) is 25.3 Å². The summed E-state index contributed by atoms with van der Waals surface area (Å²) in [7, 11) is 0. The third-order valence-corrected chi connectivity index (χ3v) is 7.68. The normalized spacial score (nSPS) is 18.7. The van der Waals surface area contributed by atoms with Crippen LogP contribution in [0.3, 0.4) is 0 Å². The van der Waals surface area contributed by atoms with Gasteiger partial charge in [0.25, 0.3) is 5.91 Å². The van der Waals surface area contributed by atoms with E-state index in [9.17, 15) is 9.90 Å². The van der Waals surface area contributed by atoms with Crippen molar-refractivity contribution in [2.45, 2.75) is 36.7 Å². The first-order chi connectivity index (χ1) is 20.1. The maximum absolute atomic E-state index is 12.8. The number of nitrogens with one attached hydrogen (secondary N) is 1. The maximum atomic E-state index is 12.8. The molecule has 0 radical (unpaired) electrons. The fourth-order valence-electron chi connectivity index (χ4n) is 4.54. The molecule has 3 atom stereocenters. The molecule has 0 bridgehead atoms. The van der Waals surface area contributed by atoms with Gasteiger partial charge in [0.05, 0.1) is 36.0 Å². The van der Waals surface area contributed by atoms with Crippen molar-refractivity contribution in [1.82, 2.24) is 19.9 Å². The Bertz CT molecular complexity index is 1620. The molecule has 0 spiro atoms. The van der Waals surface area contributed by atoms with E-state index in [1.807, 2.05) is 72.8 Å². The van der Waals surface area contributed by atoms with Gasteiger partial charge in [-0.1, -0.05) is 60.3 Å². The van der Waals surface area contributed by atoms with Gasteiger partial charge in [-0.05, 0) is 41.5 Å². The standard InChI is InChI=1S/C31H27N5O4S/c37-18-20-6-8-21(9-7-20)28-16-24(19-41-31-32-14-3-15-33-31)39-30(40-28)22-10-12-23(13-11-22)35-29(38)27-17-34-25-4-1-2-5-26(25)36-27/h1-15,17,24,28,30,37H,16,18-19H2,(H,35,38)/t24-,28+,30+/m1/s1. The first kappa shape index (κ1) is 27.0. The Morgan fingerprint density at radius 2 is 1.61 bits per heavy atom. The van der Waals surface area contributed by atoms with Crippen molar-refractivity contribution >= 4 is 34.4 Å². The Kier molecular flexibility index (Phi) is 8.24. The van der Waals surface area contributed by atoms with Crippen LogP contribution in [0.5, 0.6) is 0 Å². The minimum atomic E-state index is -0.607. The lowest BCUT2D eigenvalue weighted by molar-refractivity contribution is -0.245. The zero-order valence-corrected chi connectivity index (χ0v) is 22.8. The number of ether oxygens (including phenoxy) is 2. The minimum Gasteiger partial charge on any atom is -0.392 e. The van der Waals surface area contributed by atoms with E-state index in [4.69, 9.17) is 9.47 Å². The predicted molar refractivity (Wildman–Crippen MR) is 155 cm³/mol. The van der Waals surface area contributed by atoms with E-state index in [1.165, 1.54) is 6.20 Å². The van der Waals surface area contributed by atoms with E-state index in [-0.39, 0.29) is 30.4 Å². The number of carbonyl (C=O) groups excluding carboxylic acids is 1. The third-order valence-electron chi connectivity index (χ3n) is 6.68. The van der Waals surface area contributed by atoms with Gasteiger partial charge in [-0.3, -0.25) is 9.78 Å². The van der Waals surface area contributed by atoms with E-state index in [0.717, 1.165) is 22.2 Å². The second kappa shape index (κ2) is 12.5. The number of amides is 1. The van der Waals surface area contributed by atoms with Gasteiger partial charge >= 0.3 is 0 Å². The van der Waals surface area contributed by atoms with Crippen molar-refractivity contribution in [1.29, 1.82) is 0 Å². The molecular formula is C31H27N5O4S. The molecule has 1 amide bonds. The predicted octanol–water partition coefficient (Wildman–Crippen LogP) is 5.50. The highest BCUT2D eigenvalue weighted by atomic mass is 32.2. The monoisotopic (exact) mass is 565 g/mol. The summed E-state index contributed by atoms with van der Waals surface area (Å²) < 4.78 is 12.8. The Hall–Kier alpha value is -4.22. The first-order valence-electron chi connectivity index (χ1n) is 13.2. The van der Waals surface area contributed by atoms with Gasteiger partial charge in [-0.15, -0.1) is 0 Å². The fourth-order valence-corrected chi connectivity index (χ4v) is 5.36. The van der Waals surface area contributed by atoms with Crippen molar-refractivity contribution < 1.29 is 19.4 Å². The summed E-state index contributed by atoms with van der Waals surface area (Å²) in [5.41, 5.74) is 4.94. The number of rotatable bonds is 8. The van der Waals surface area contributed by atoms with Crippen LogP contribution >= 0.6 is 11.8 Å². The lowest BCUT2D eigenvalue weighted by Gasteiger charge is -2.36. The average molecular weight is 566 g/mol. The van der Waals surface area contributed by atoms with Crippen LogP contribution in [-0.4, -0.2) is 42.8 Å². The number of anilines is 1. The van der Waals surface area contributed by atoms with Crippen LogP contribution in [0.25, 0.3) is 11.0 Å². The number of thioether (sulfide) groups is 1. The highest BCUT2D eigenvalue weighted by Gasteiger charge is 2.32. The number of aromatic nitrogens is 4. The summed E-state index contributed by atoms with van der Waals surface area (Å²) in [5, 5.41) is 13.0. The number of aliphatic hydroxyl groups excluding tert-OH is 1. The molecule has 3 aromatic carbocycles. The summed E-state index contributed by atoms with van der Waals surface area (Å²) in [4.78, 5) is 30.2. The Balaban J connectivity index is 1.17. The molecule has 0 aliphatic carbocycles. The number of benzene rings is 3. The molecule has 206 valence electrons. The topological polar surface area (TPSA) is 119 Å². The van der Waals surface area contributed by atoms with Gasteiger partial charge < -0.3 is 19.9 Å². The van der Waals surface area contributed by atoms with Crippen molar-refractivity contribution in [3.63, 3.8) is 0 Å².